The maximum atomic E-state index is 12.5. The minimum Gasteiger partial charge on any atom is -0.493 e. The van der Waals surface area contributed by atoms with Gasteiger partial charge >= 0.3 is 0 Å². The summed E-state index contributed by atoms with van der Waals surface area (Å²) in [4.78, 5) is 12.5. The molecule has 0 bridgehead atoms. The van der Waals surface area contributed by atoms with Gasteiger partial charge < -0.3 is 14.8 Å². The molecule has 0 radical (unpaired) electrons. The number of rotatable bonds is 5. The molecule has 0 aromatic heterocycles. The highest BCUT2D eigenvalue weighted by Gasteiger charge is 2.33. The van der Waals surface area contributed by atoms with Crippen molar-refractivity contribution >= 4 is 21.8 Å². The second-order valence-corrected chi connectivity index (χ2v) is 5.47. The van der Waals surface area contributed by atoms with Gasteiger partial charge in [-0.2, -0.15) is 0 Å². The van der Waals surface area contributed by atoms with Gasteiger partial charge in [-0.3, -0.25) is 4.79 Å². The molecule has 0 saturated carbocycles. The summed E-state index contributed by atoms with van der Waals surface area (Å²) in [5, 5.41) is 3.88. The summed E-state index contributed by atoms with van der Waals surface area (Å²) in [6, 6.07) is 7.34. The number of benzene rings is 1. The molecular formula is C15H20BrNO3. The molecule has 5 heteroatoms. The van der Waals surface area contributed by atoms with Crippen LogP contribution in [-0.2, 0) is 4.74 Å². The number of carbonyl (C=O) groups is 1. The molecule has 0 spiro atoms. The zero-order valence-corrected chi connectivity index (χ0v) is 13.2. The van der Waals surface area contributed by atoms with Gasteiger partial charge in [0.2, 0.25) is 0 Å². The molecule has 1 fully saturated rings. The first kappa shape index (κ1) is 15.3. The molecule has 1 saturated heterocycles. The fourth-order valence-electron chi connectivity index (χ4n) is 2.30. The largest absolute Gasteiger partial charge is 0.493 e. The minimum absolute atomic E-state index is 0.0876. The Morgan fingerprint density at radius 1 is 1.40 bits per heavy atom. The Labute approximate surface area is 128 Å². The maximum Gasteiger partial charge on any atom is 0.255 e. The van der Waals surface area contributed by atoms with E-state index < -0.39 is 0 Å². The average Bonchev–Trinajstić information content (AvgIpc) is 2.49. The molecule has 0 unspecified atom stereocenters. The maximum absolute atomic E-state index is 12.5. The van der Waals surface area contributed by atoms with Crippen molar-refractivity contribution in [1.82, 2.24) is 5.32 Å². The SMILES string of the molecule is CCOc1ccccc1C(=O)NC1(CBr)CCOCC1. The van der Waals surface area contributed by atoms with E-state index in [0.717, 1.165) is 18.2 Å². The summed E-state index contributed by atoms with van der Waals surface area (Å²) in [6.45, 7) is 3.81. The lowest BCUT2D eigenvalue weighted by Gasteiger charge is -2.36. The van der Waals surface area contributed by atoms with Crippen molar-refractivity contribution in [3.8, 4) is 5.75 Å². The number of hydrogen-bond acceptors (Lipinski definition) is 3. The number of amides is 1. The molecule has 110 valence electrons. The predicted molar refractivity (Wildman–Crippen MR) is 81.7 cm³/mol. The Bertz CT molecular complexity index is 458. The third-order valence-electron chi connectivity index (χ3n) is 3.52. The molecule has 2 rings (SSSR count). The summed E-state index contributed by atoms with van der Waals surface area (Å²) in [5.74, 6) is 0.541. The molecular weight excluding hydrogens is 322 g/mol. The summed E-state index contributed by atoms with van der Waals surface area (Å²) < 4.78 is 10.9. The number of ether oxygens (including phenoxy) is 2. The van der Waals surface area contributed by atoms with Crippen LogP contribution >= 0.6 is 15.9 Å². The molecule has 1 heterocycles. The number of alkyl halides is 1. The van der Waals surface area contributed by atoms with E-state index in [2.05, 4.69) is 21.2 Å². The van der Waals surface area contributed by atoms with Crippen LogP contribution in [0.4, 0.5) is 0 Å². The lowest BCUT2D eigenvalue weighted by atomic mass is 9.92. The van der Waals surface area contributed by atoms with Gasteiger partial charge in [0, 0.05) is 18.5 Å². The van der Waals surface area contributed by atoms with Crippen molar-refractivity contribution in [2.24, 2.45) is 0 Å². The Kier molecular flexibility index (Phi) is 5.43. The van der Waals surface area contributed by atoms with Crippen LogP contribution in [0.3, 0.4) is 0 Å². The fraction of sp³-hybridized carbons (Fsp3) is 0.533. The molecule has 0 aliphatic carbocycles. The Morgan fingerprint density at radius 2 is 2.10 bits per heavy atom. The molecule has 1 amide bonds. The summed E-state index contributed by atoms with van der Waals surface area (Å²) in [7, 11) is 0. The van der Waals surface area contributed by atoms with Crippen molar-refractivity contribution in [1.29, 1.82) is 0 Å². The summed E-state index contributed by atoms with van der Waals surface area (Å²) >= 11 is 3.52. The molecule has 4 nitrogen and oxygen atoms in total. The quantitative estimate of drug-likeness (QED) is 0.837. The van der Waals surface area contributed by atoms with Crippen molar-refractivity contribution in [3.63, 3.8) is 0 Å². The standard InChI is InChI=1S/C15H20BrNO3/c1-2-20-13-6-4-3-5-12(13)14(18)17-15(11-16)7-9-19-10-8-15/h3-6H,2,7-11H2,1H3,(H,17,18). The molecule has 20 heavy (non-hydrogen) atoms. The van der Waals surface area contributed by atoms with Gasteiger partial charge in [-0.1, -0.05) is 28.1 Å². The molecule has 1 aliphatic heterocycles. The van der Waals surface area contributed by atoms with E-state index in [0.29, 0.717) is 31.1 Å². The minimum atomic E-state index is -0.228. The third kappa shape index (κ3) is 3.52. The first-order valence-corrected chi connectivity index (χ1v) is 8.01. The predicted octanol–water partition coefficient (Wildman–Crippen LogP) is 2.76. The van der Waals surface area contributed by atoms with Crippen LogP contribution in [0.15, 0.2) is 24.3 Å². The Morgan fingerprint density at radius 3 is 2.75 bits per heavy atom. The summed E-state index contributed by atoms with van der Waals surface area (Å²) in [6.07, 6.45) is 1.64. The Hall–Kier alpha value is -1.07. The van der Waals surface area contributed by atoms with E-state index in [1.165, 1.54) is 0 Å². The van der Waals surface area contributed by atoms with E-state index >= 15 is 0 Å². The Balaban J connectivity index is 2.14. The molecule has 1 aliphatic rings. The lowest BCUT2D eigenvalue weighted by molar-refractivity contribution is 0.0441. The van der Waals surface area contributed by atoms with E-state index in [1.54, 1.807) is 6.07 Å². The first-order chi connectivity index (χ1) is 9.71. The zero-order chi connectivity index (χ0) is 14.4. The third-order valence-corrected chi connectivity index (χ3v) is 4.59. The van der Waals surface area contributed by atoms with Crippen LogP contribution in [0, 0.1) is 0 Å². The van der Waals surface area contributed by atoms with Crippen molar-refractivity contribution < 1.29 is 14.3 Å². The van der Waals surface area contributed by atoms with Crippen LogP contribution < -0.4 is 10.1 Å². The fourth-order valence-corrected chi connectivity index (χ4v) is 3.00. The topological polar surface area (TPSA) is 47.6 Å². The van der Waals surface area contributed by atoms with E-state index in [1.807, 2.05) is 25.1 Å². The van der Waals surface area contributed by atoms with Gasteiger partial charge in [-0.05, 0) is 31.9 Å². The smallest absolute Gasteiger partial charge is 0.255 e. The summed E-state index contributed by atoms with van der Waals surface area (Å²) in [5.41, 5.74) is 0.357. The van der Waals surface area contributed by atoms with E-state index in [-0.39, 0.29) is 11.4 Å². The van der Waals surface area contributed by atoms with Crippen LogP contribution in [0.1, 0.15) is 30.1 Å². The molecule has 1 N–H and O–H groups in total. The lowest BCUT2D eigenvalue weighted by Crippen LogP contribution is -2.53. The molecule has 1 aromatic carbocycles. The normalized spacial score (nSPS) is 17.5. The second kappa shape index (κ2) is 7.09. The number of para-hydroxylation sites is 1. The van der Waals surface area contributed by atoms with Gasteiger partial charge in [0.15, 0.2) is 0 Å². The van der Waals surface area contributed by atoms with Crippen molar-refractivity contribution in [2.45, 2.75) is 25.3 Å². The van der Waals surface area contributed by atoms with Gasteiger partial charge in [0.1, 0.15) is 5.75 Å². The highest BCUT2D eigenvalue weighted by Crippen LogP contribution is 2.25. The van der Waals surface area contributed by atoms with Crippen LogP contribution in [0.5, 0.6) is 5.75 Å². The highest BCUT2D eigenvalue weighted by atomic mass is 79.9. The number of hydrogen-bond donors (Lipinski definition) is 1. The van der Waals surface area contributed by atoms with Gasteiger partial charge in [0.25, 0.3) is 5.91 Å². The molecule has 0 atom stereocenters. The van der Waals surface area contributed by atoms with E-state index in [9.17, 15) is 4.79 Å². The average molecular weight is 342 g/mol. The second-order valence-electron chi connectivity index (χ2n) is 4.91. The van der Waals surface area contributed by atoms with Crippen LogP contribution in [0.2, 0.25) is 0 Å². The zero-order valence-electron chi connectivity index (χ0n) is 11.7. The van der Waals surface area contributed by atoms with Gasteiger partial charge in [-0.25, -0.2) is 0 Å². The number of carbonyl (C=O) groups excluding carboxylic acids is 1. The van der Waals surface area contributed by atoms with Gasteiger partial charge in [-0.15, -0.1) is 0 Å². The van der Waals surface area contributed by atoms with E-state index in [4.69, 9.17) is 9.47 Å². The van der Waals surface area contributed by atoms with Crippen LogP contribution in [-0.4, -0.2) is 36.6 Å². The highest BCUT2D eigenvalue weighted by molar-refractivity contribution is 9.09. The monoisotopic (exact) mass is 341 g/mol. The number of nitrogens with one attached hydrogen (secondary N) is 1. The van der Waals surface area contributed by atoms with Crippen molar-refractivity contribution in [3.05, 3.63) is 29.8 Å². The molecule has 1 aromatic rings. The number of halogens is 1. The first-order valence-electron chi connectivity index (χ1n) is 6.89. The van der Waals surface area contributed by atoms with Crippen LogP contribution in [0.25, 0.3) is 0 Å². The van der Waals surface area contributed by atoms with Crippen molar-refractivity contribution in [2.75, 3.05) is 25.2 Å². The van der Waals surface area contributed by atoms with Gasteiger partial charge in [0.05, 0.1) is 17.7 Å².